The molecule has 1 aromatic carbocycles. The smallest absolute Gasteiger partial charge is 0.408 e. The molecule has 0 saturated heterocycles. The molecule has 3 N–H and O–H groups in total. The zero-order valence-corrected chi connectivity index (χ0v) is 7.35. The third kappa shape index (κ3) is 1.33. The van der Waals surface area contributed by atoms with Gasteiger partial charge in [-0.1, -0.05) is 12.2 Å². The van der Waals surface area contributed by atoms with Crippen LogP contribution in [0.3, 0.4) is 0 Å². The Morgan fingerprint density at radius 2 is 2.31 bits per heavy atom. The molecule has 0 amide bonds. The van der Waals surface area contributed by atoms with Crippen LogP contribution in [0, 0.1) is 0 Å². The molecule has 2 aromatic rings. The van der Waals surface area contributed by atoms with E-state index in [0.29, 0.717) is 16.7 Å². The summed E-state index contributed by atoms with van der Waals surface area (Å²) < 4.78 is 4.83. The molecule has 0 atom stereocenters. The number of nitrogens with one attached hydrogen (secondary N) is 1. The van der Waals surface area contributed by atoms with Gasteiger partial charge in [0.1, 0.15) is 4.99 Å². The monoisotopic (exact) mass is 194 g/mol. The van der Waals surface area contributed by atoms with Crippen molar-refractivity contribution in [3.63, 3.8) is 0 Å². The number of thiocarbonyl (C=S) groups is 1. The van der Waals surface area contributed by atoms with Crippen molar-refractivity contribution in [3.8, 4) is 0 Å². The fraction of sp³-hybridized carbons (Fsp3) is 0. The number of aromatic amines is 1. The second kappa shape index (κ2) is 2.70. The van der Waals surface area contributed by atoms with Crippen LogP contribution < -0.4 is 11.5 Å². The first-order valence-corrected chi connectivity index (χ1v) is 4.00. The number of benzene rings is 1. The zero-order valence-electron chi connectivity index (χ0n) is 6.53. The molecule has 0 bridgehead atoms. The van der Waals surface area contributed by atoms with Gasteiger partial charge >= 0.3 is 5.76 Å². The van der Waals surface area contributed by atoms with Crippen molar-refractivity contribution < 1.29 is 4.42 Å². The zero-order chi connectivity index (χ0) is 9.42. The van der Waals surface area contributed by atoms with Crippen LogP contribution in [-0.2, 0) is 0 Å². The molecular formula is C8H6N2O2S. The van der Waals surface area contributed by atoms with E-state index in [-0.39, 0.29) is 4.99 Å². The van der Waals surface area contributed by atoms with Gasteiger partial charge < -0.3 is 10.2 Å². The third-order valence-corrected chi connectivity index (χ3v) is 1.94. The molecular weight excluding hydrogens is 188 g/mol. The van der Waals surface area contributed by atoms with Crippen LogP contribution in [0.1, 0.15) is 5.56 Å². The number of hydrogen-bond acceptors (Lipinski definition) is 3. The SMILES string of the molecule is NC(=S)c1ccc2[nH]c(=O)oc2c1. The Hall–Kier alpha value is -1.62. The molecule has 1 heterocycles. The van der Waals surface area contributed by atoms with Crippen molar-refractivity contribution >= 4 is 28.3 Å². The molecule has 0 radical (unpaired) electrons. The highest BCUT2D eigenvalue weighted by Gasteiger charge is 2.02. The van der Waals surface area contributed by atoms with Crippen molar-refractivity contribution in [2.45, 2.75) is 0 Å². The second-order valence-corrected chi connectivity index (χ2v) is 3.03. The molecule has 0 unspecified atom stereocenters. The summed E-state index contributed by atoms with van der Waals surface area (Å²) in [5.74, 6) is -0.477. The Balaban J connectivity index is 2.74. The maximum Gasteiger partial charge on any atom is 0.417 e. The largest absolute Gasteiger partial charge is 0.417 e. The number of hydrogen-bond donors (Lipinski definition) is 2. The fourth-order valence-corrected chi connectivity index (χ4v) is 1.23. The van der Waals surface area contributed by atoms with E-state index in [9.17, 15) is 4.79 Å². The van der Waals surface area contributed by atoms with E-state index in [1.54, 1.807) is 18.2 Å². The van der Waals surface area contributed by atoms with Gasteiger partial charge in [-0.25, -0.2) is 4.79 Å². The van der Waals surface area contributed by atoms with E-state index >= 15 is 0 Å². The number of fused-ring (bicyclic) bond motifs is 1. The first-order valence-electron chi connectivity index (χ1n) is 3.59. The van der Waals surface area contributed by atoms with Gasteiger partial charge in [0.2, 0.25) is 0 Å². The van der Waals surface area contributed by atoms with E-state index < -0.39 is 5.76 Å². The van der Waals surface area contributed by atoms with E-state index in [2.05, 4.69) is 4.98 Å². The molecule has 4 nitrogen and oxygen atoms in total. The fourth-order valence-electron chi connectivity index (χ4n) is 1.10. The van der Waals surface area contributed by atoms with Gasteiger partial charge in [-0.3, -0.25) is 4.98 Å². The predicted molar refractivity (Wildman–Crippen MR) is 52.7 cm³/mol. The van der Waals surface area contributed by atoms with E-state index in [4.69, 9.17) is 22.4 Å². The maximum absolute atomic E-state index is 10.8. The number of rotatable bonds is 1. The number of oxazole rings is 1. The molecule has 66 valence electrons. The van der Waals surface area contributed by atoms with Crippen LogP contribution in [-0.4, -0.2) is 9.97 Å². The number of aromatic nitrogens is 1. The van der Waals surface area contributed by atoms with Crippen LogP contribution in [0.5, 0.6) is 0 Å². The molecule has 0 aliphatic heterocycles. The van der Waals surface area contributed by atoms with Crippen molar-refractivity contribution in [1.82, 2.24) is 4.98 Å². The van der Waals surface area contributed by atoms with Gasteiger partial charge in [0, 0.05) is 5.56 Å². The quantitative estimate of drug-likeness (QED) is 0.657. The van der Waals surface area contributed by atoms with Crippen molar-refractivity contribution in [1.29, 1.82) is 0 Å². The molecule has 13 heavy (non-hydrogen) atoms. The Labute approximate surface area is 78.4 Å². The Kier molecular flexibility index (Phi) is 1.66. The second-order valence-electron chi connectivity index (χ2n) is 2.59. The molecule has 0 aliphatic rings. The third-order valence-electron chi connectivity index (χ3n) is 1.71. The highest BCUT2D eigenvalue weighted by molar-refractivity contribution is 7.80. The normalized spacial score (nSPS) is 10.5. The minimum absolute atomic E-state index is 0.283. The first-order chi connectivity index (χ1) is 6.16. The van der Waals surface area contributed by atoms with Crippen molar-refractivity contribution in [2.75, 3.05) is 0 Å². The van der Waals surface area contributed by atoms with E-state index in [1.165, 1.54) is 0 Å². The van der Waals surface area contributed by atoms with Crippen LogP contribution in [0.4, 0.5) is 0 Å². The number of nitrogens with two attached hydrogens (primary N) is 1. The summed E-state index contributed by atoms with van der Waals surface area (Å²) in [4.78, 5) is 13.6. The average Bonchev–Trinajstić information content (AvgIpc) is 2.42. The molecule has 5 heteroatoms. The van der Waals surface area contributed by atoms with E-state index in [0.717, 1.165) is 0 Å². The summed E-state index contributed by atoms with van der Waals surface area (Å²) in [7, 11) is 0. The lowest BCUT2D eigenvalue weighted by Crippen LogP contribution is -2.08. The molecule has 0 aliphatic carbocycles. The highest BCUT2D eigenvalue weighted by Crippen LogP contribution is 2.11. The van der Waals surface area contributed by atoms with Crippen LogP contribution in [0.15, 0.2) is 27.4 Å². The lowest BCUT2D eigenvalue weighted by Gasteiger charge is -1.95. The van der Waals surface area contributed by atoms with Gasteiger partial charge in [-0.15, -0.1) is 0 Å². The van der Waals surface area contributed by atoms with Crippen molar-refractivity contribution in [3.05, 3.63) is 34.3 Å². The highest BCUT2D eigenvalue weighted by atomic mass is 32.1. The standard InChI is InChI=1S/C8H6N2O2S/c9-7(13)4-1-2-5-6(3-4)12-8(11)10-5/h1-3H,(H2,9,13)(H,10,11). The summed E-state index contributed by atoms with van der Waals surface area (Å²) in [6.45, 7) is 0. The lowest BCUT2D eigenvalue weighted by atomic mass is 10.2. The summed E-state index contributed by atoms with van der Waals surface area (Å²) in [6.07, 6.45) is 0. The Morgan fingerprint density at radius 1 is 1.54 bits per heavy atom. The van der Waals surface area contributed by atoms with Crippen molar-refractivity contribution in [2.24, 2.45) is 5.73 Å². The summed E-state index contributed by atoms with van der Waals surface area (Å²) in [6, 6.07) is 5.07. The lowest BCUT2D eigenvalue weighted by molar-refractivity contribution is 0.555. The first kappa shape index (κ1) is 8.00. The molecule has 0 saturated carbocycles. The van der Waals surface area contributed by atoms with Gasteiger partial charge in [-0.05, 0) is 18.2 Å². The Bertz CT molecular complexity index is 526. The van der Waals surface area contributed by atoms with Gasteiger partial charge in [0.05, 0.1) is 5.52 Å². The van der Waals surface area contributed by atoms with Gasteiger partial charge in [0.15, 0.2) is 5.58 Å². The minimum Gasteiger partial charge on any atom is -0.408 e. The summed E-state index contributed by atoms with van der Waals surface area (Å²) in [5.41, 5.74) is 7.21. The summed E-state index contributed by atoms with van der Waals surface area (Å²) in [5, 5.41) is 0. The summed E-state index contributed by atoms with van der Waals surface area (Å²) >= 11 is 4.78. The number of H-pyrrole nitrogens is 1. The van der Waals surface area contributed by atoms with Crippen LogP contribution >= 0.6 is 12.2 Å². The van der Waals surface area contributed by atoms with Crippen LogP contribution in [0.2, 0.25) is 0 Å². The molecule has 0 fully saturated rings. The van der Waals surface area contributed by atoms with E-state index in [1.807, 2.05) is 0 Å². The predicted octanol–water partition coefficient (Wildman–Crippen LogP) is 0.755. The minimum atomic E-state index is -0.477. The molecule has 2 rings (SSSR count). The van der Waals surface area contributed by atoms with Gasteiger partial charge in [-0.2, -0.15) is 0 Å². The molecule has 0 spiro atoms. The maximum atomic E-state index is 10.8. The van der Waals surface area contributed by atoms with Crippen LogP contribution in [0.25, 0.3) is 11.1 Å². The topological polar surface area (TPSA) is 72.0 Å². The average molecular weight is 194 g/mol. The Morgan fingerprint density at radius 3 is 3.00 bits per heavy atom. The molecule has 1 aromatic heterocycles. The van der Waals surface area contributed by atoms with Gasteiger partial charge in [0.25, 0.3) is 0 Å².